The largest absolute Gasteiger partial charge is 0.511 e. The van der Waals surface area contributed by atoms with Gasteiger partial charge >= 0.3 is 6.16 Å². The molecular weight excluding hydrogens is 385 g/mol. The molecule has 2 aromatic carbocycles. The molecule has 0 aliphatic carbocycles. The van der Waals surface area contributed by atoms with Gasteiger partial charge in [0.05, 0.1) is 21.4 Å². The molecule has 1 heterocycles. The molecule has 0 amide bonds. The smallest absolute Gasteiger partial charge is 0.449 e. The maximum atomic E-state index is 10.9. The number of benzene rings is 2. The summed E-state index contributed by atoms with van der Waals surface area (Å²) in [6.45, 7) is 0. The Morgan fingerprint density at radius 2 is 1.44 bits per heavy atom. The Balaban J connectivity index is 2.13. The van der Waals surface area contributed by atoms with Crippen LogP contribution in [0.2, 0.25) is 15.1 Å². The van der Waals surface area contributed by atoms with Gasteiger partial charge in [0.2, 0.25) is 0 Å². The first-order chi connectivity index (χ1) is 11.9. The minimum Gasteiger partial charge on any atom is -0.449 e. The summed E-state index contributed by atoms with van der Waals surface area (Å²) in [5.74, 6) is 0.147. The number of halogens is 3. The Kier molecular flexibility index (Phi) is 5.13. The van der Waals surface area contributed by atoms with Crippen LogP contribution >= 0.6 is 34.8 Å². The van der Waals surface area contributed by atoms with E-state index in [2.05, 4.69) is 4.98 Å². The van der Waals surface area contributed by atoms with E-state index in [1.54, 1.807) is 48.5 Å². The molecule has 0 atom stereocenters. The molecule has 0 saturated carbocycles. The molecule has 0 fully saturated rings. The second-order valence-corrected chi connectivity index (χ2v) is 6.33. The van der Waals surface area contributed by atoms with E-state index in [0.29, 0.717) is 32.0 Å². The van der Waals surface area contributed by atoms with Gasteiger partial charge in [0, 0.05) is 28.3 Å². The van der Waals surface area contributed by atoms with Crippen LogP contribution in [0.4, 0.5) is 4.79 Å². The van der Waals surface area contributed by atoms with Crippen molar-refractivity contribution in [2.75, 3.05) is 0 Å². The number of ether oxygens (including phenoxy) is 1. The zero-order valence-corrected chi connectivity index (χ0v) is 14.8. The molecule has 0 saturated heterocycles. The highest BCUT2D eigenvalue weighted by Crippen LogP contribution is 2.32. The molecular formula is C18H10Cl3NO3. The van der Waals surface area contributed by atoms with Crippen LogP contribution in [0.5, 0.6) is 5.75 Å². The summed E-state index contributed by atoms with van der Waals surface area (Å²) in [6.07, 6.45) is -1.41. The van der Waals surface area contributed by atoms with Crippen LogP contribution in [0.3, 0.4) is 0 Å². The van der Waals surface area contributed by atoms with E-state index in [1.807, 2.05) is 0 Å². The third kappa shape index (κ3) is 4.23. The summed E-state index contributed by atoms with van der Waals surface area (Å²) in [5, 5.41) is 10.3. The maximum Gasteiger partial charge on any atom is 0.511 e. The maximum absolute atomic E-state index is 10.9. The molecule has 126 valence electrons. The van der Waals surface area contributed by atoms with E-state index < -0.39 is 6.16 Å². The van der Waals surface area contributed by atoms with Crippen LogP contribution in [0, 0.1) is 0 Å². The number of hydrogen-bond acceptors (Lipinski definition) is 3. The average molecular weight is 395 g/mol. The van der Waals surface area contributed by atoms with Crippen LogP contribution in [0.25, 0.3) is 22.5 Å². The lowest BCUT2D eigenvalue weighted by molar-refractivity contribution is 0.144. The zero-order chi connectivity index (χ0) is 18.0. The summed E-state index contributed by atoms with van der Waals surface area (Å²) in [4.78, 5) is 15.5. The van der Waals surface area contributed by atoms with Crippen LogP contribution in [0.15, 0.2) is 54.6 Å². The molecule has 3 rings (SSSR count). The van der Waals surface area contributed by atoms with Crippen LogP contribution < -0.4 is 4.74 Å². The Morgan fingerprint density at radius 1 is 0.840 bits per heavy atom. The van der Waals surface area contributed by atoms with Crippen molar-refractivity contribution in [3.63, 3.8) is 0 Å². The van der Waals surface area contributed by atoms with Gasteiger partial charge in [-0.15, -0.1) is 0 Å². The second-order valence-electron chi connectivity index (χ2n) is 5.08. The van der Waals surface area contributed by atoms with Crippen molar-refractivity contribution in [2.24, 2.45) is 0 Å². The normalized spacial score (nSPS) is 10.5. The fraction of sp³-hybridized carbons (Fsp3) is 0. The van der Waals surface area contributed by atoms with E-state index in [4.69, 9.17) is 44.6 Å². The first kappa shape index (κ1) is 17.5. The summed E-state index contributed by atoms with van der Waals surface area (Å²) in [5.41, 5.74) is 2.49. The monoisotopic (exact) mass is 393 g/mol. The van der Waals surface area contributed by atoms with E-state index in [9.17, 15) is 4.79 Å². The summed E-state index contributed by atoms with van der Waals surface area (Å²) < 4.78 is 4.81. The fourth-order valence-corrected chi connectivity index (χ4v) is 2.66. The predicted octanol–water partition coefficient (Wildman–Crippen LogP) is 6.43. The Bertz CT molecular complexity index is 943. The number of aromatic nitrogens is 1. The molecule has 0 unspecified atom stereocenters. The SMILES string of the molecule is O=C(O)Oc1cc(-c2ccc(Cl)cc2)nc(-c2ccc(Cl)c(Cl)c2)c1. The van der Waals surface area contributed by atoms with Crippen LogP contribution in [-0.4, -0.2) is 16.2 Å². The van der Waals surface area contributed by atoms with E-state index in [-0.39, 0.29) is 5.75 Å². The minimum atomic E-state index is -1.41. The molecule has 0 bridgehead atoms. The summed E-state index contributed by atoms with van der Waals surface area (Å²) >= 11 is 17.9. The number of nitrogens with zero attached hydrogens (tertiary/aromatic N) is 1. The van der Waals surface area contributed by atoms with Gasteiger partial charge in [-0.1, -0.05) is 53.0 Å². The number of carbonyl (C=O) groups is 1. The van der Waals surface area contributed by atoms with Crippen LogP contribution in [0.1, 0.15) is 0 Å². The van der Waals surface area contributed by atoms with Crippen LogP contribution in [-0.2, 0) is 0 Å². The lowest BCUT2D eigenvalue weighted by atomic mass is 10.1. The van der Waals surface area contributed by atoms with Gasteiger partial charge in [-0.2, -0.15) is 0 Å². The lowest BCUT2D eigenvalue weighted by Gasteiger charge is -2.09. The molecule has 1 aromatic heterocycles. The van der Waals surface area contributed by atoms with Gasteiger partial charge < -0.3 is 9.84 Å². The number of hydrogen-bond donors (Lipinski definition) is 1. The molecule has 0 aliphatic rings. The minimum absolute atomic E-state index is 0.147. The summed E-state index contributed by atoms with van der Waals surface area (Å²) in [6, 6.07) is 15.1. The van der Waals surface area contributed by atoms with Gasteiger partial charge in [0.15, 0.2) is 0 Å². The van der Waals surface area contributed by atoms with Crippen molar-refractivity contribution in [1.82, 2.24) is 4.98 Å². The first-order valence-corrected chi connectivity index (χ1v) is 8.20. The lowest BCUT2D eigenvalue weighted by Crippen LogP contribution is -2.04. The quantitative estimate of drug-likeness (QED) is 0.520. The standard InChI is InChI=1S/C18H10Cl3NO3/c19-12-4-1-10(2-5-12)16-8-13(25-18(23)24)9-17(22-16)11-3-6-14(20)15(21)7-11/h1-9H,(H,23,24). The van der Waals surface area contributed by atoms with Crippen molar-refractivity contribution < 1.29 is 14.6 Å². The molecule has 3 aromatic rings. The first-order valence-electron chi connectivity index (χ1n) is 7.06. The number of pyridine rings is 1. The van der Waals surface area contributed by atoms with E-state index >= 15 is 0 Å². The number of rotatable bonds is 3. The molecule has 4 nitrogen and oxygen atoms in total. The molecule has 0 radical (unpaired) electrons. The van der Waals surface area contributed by atoms with E-state index in [1.165, 1.54) is 6.07 Å². The third-order valence-electron chi connectivity index (χ3n) is 3.36. The highest BCUT2D eigenvalue weighted by Gasteiger charge is 2.11. The highest BCUT2D eigenvalue weighted by atomic mass is 35.5. The van der Waals surface area contributed by atoms with Crippen molar-refractivity contribution in [3.05, 3.63) is 69.7 Å². The van der Waals surface area contributed by atoms with Gasteiger partial charge in [-0.05, 0) is 24.3 Å². The molecule has 0 aliphatic heterocycles. The van der Waals surface area contributed by atoms with Gasteiger partial charge in [0.25, 0.3) is 0 Å². The average Bonchev–Trinajstić information content (AvgIpc) is 2.57. The Morgan fingerprint density at radius 3 is 2.04 bits per heavy atom. The van der Waals surface area contributed by atoms with Crippen molar-refractivity contribution in [2.45, 2.75) is 0 Å². The molecule has 0 spiro atoms. The molecule has 1 N–H and O–H groups in total. The van der Waals surface area contributed by atoms with Crippen molar-refractivity contribution in [1.29, 1.82) is 0 Å². The zero-order valence-electron chi connectivity index (χ0n) is 12.5. The van der Waals surface area contributed by atoms with Gasteiger partial charge in [-0.25, -0.2) is 9.78 Å². The topological polar surface area (TPSA) is 59.4 Å². The number of carboxylic acid groups (broad SMARTS) is 1. The fourth-order valence-electron chi connectivity index (χ4n) is 2.24. The third-order valence-corrected chi connectivity index (χ3v) is 4.35. The molecule has 25 heavy (non-hydrogen) atoms. The van der Waals surface area contributed by atoms with Crippen molar-refractivity contribution in [3.8, 4) is 28.3 Å². The van der Waals surface area contributed by atoms with Gasteiger partial charge in [0.1, 0.15) is 5.75 Å². The predicted molar refractivity (Wildman–Crippen MR) is 98.8 cm³/mol. The Labute approximate surface area is 158 Å². The van der Waals surface area contributed by atoms with E-state index in [0.717, 1.165) is 5.56 Å². The second kappa shape index (κ2) is 7.31. The highest BCUT2D eigenvalue weighted by molar-refractivity contribution is 6.42. The molecule has 7 heteroatoms. The van der Waals surface area contributed by atoms with Gasteiger partial charge in [-0.3, -0.25) is 0 Å². The van der Waals surface area contributed by atoms with Crippen molar-refractivity contribution >= 4 is 41.0 Å². The Hall–Kier alpha value is -2.27. The summed E-state index contributed by atoms with van der Waals surface area (Å²) in [7, 11) is 0.